The Labute approximate surface area is 227 Å². The maximum absolute atomic E-state index is 13.1. The van der Waals surface area contributed by atoms with Gasteiger partial charge < -0.3 is 19.9 Å². The number of hydrogen-bond acceptors (Lipinski definition) is 7. The number of amides is 1. The first kappa shape index (κ1) is 28.4. The summed E-state index contributed by atoms with van der Waals surface area (Å²) in [5.41, 5.74) is 1.87. The molecule has 0 radical (unpaired) electrons. The fraction of sp³-hybridized carbons (Fsp3) is 0.320. The van der Waals surface area contributed by atoms with Crippen LogP contribution in [0.25, 0.3) is 11.0 Å². The first-order valence-corrected chi connectivity index (χ1v) is 14.3. The lowest BCUT2D eigenvalue weighted by Gasteiger charge is -2.21. The van der Waals surface area contributed by atoms with Crippen LogP contribution in [0.3, 0.4) is 0 Å². The number of hydrogen-bond donors (Lipinski definition) is 2. The number of halogens is 4. The minimum absolute atomic E-state index is 0.113. The number of carbonyl (C=O) groups excluding carboxylic acids is 1. The number of allylic oxidation sites excluding steroid dienone is 4. The van der Waals surface area contributed by atoms with Gasteiger partial charge in [0.25, 0.3) is 0 Å². The predicted octanol–water partition coefficient (Wildman–Crippen LogP) is 4.78. The van der Waals surface area contributed by atoms with Crippen molar-refractivity contribution in [2.75, 3.05) is 23.9 Å². The van der Waals surface area contributed by atoms with E-state index in [1.54, 1.807) is 30.5 Å². The lowest BCUT2D eigenvalue weighted by molar-refractivity contribution is -0.162. The highest BCUT2D eigenvalue weighted by Gasteiger charge is 2.39. The largest absolute Gasteiger partial charge is 0.460 e. The zero-order chi connectivity index (χ0) is 28.2. The van der Waals surface area contributed by atoms with Gasteiger partial charge in [0.2, 0.25) is 5.91 Å². The summed E-state index contributed by atoms with van der Waals surface area (Å²) in [5, 5.41) is 6.06. The van der Waals surface area contributed by atoms with Crippen molar-refractivity contribution in [1.82, 2.24) is 19.9 Å². The van der Waals surface area contributed by atoms with Crippen LogP contribution in [-0.2, 0) is 21.2 Å². The van der Waals surface area contributed by atoms with Gasteiger partial charge >= 0.3 is 6.18 Å². The molecule has 39 heavy (non-hydrogen) atoms. The SMILES string of the molecule is CS(=O)(=O)CCC(=O)NCCn1ccc2ncnc(Nc3ccc(OC4=CC=CC(C(F)(F)F)C4)c(Cl)c3)c21. The van der Waals surface area contributed by atoms with Crippen molar-refractivity contribution in [1.29, 1.82) is 0 Å². The number of rotatable bonds is 10. The Morgan fingerprint density at radius 1 is 1.26 bits per heavy atom. The number of alkyl halides is 3. The molecule has 0 saturated heterocycles. The molecule has 0 saturated carbocycles. The molecule has 1 aromatic carbocycles. The Bertz CT molecular complexity index is 1540. The normalized spacial score (nSPS) is 15.7. The van der Waals surface area contributed by atoms with Crippen molar-refractivity contribution in [2.24, 2.45) is 5.92 Å². The number of nitrogens with zero attached hydrogens (tertiary/aromatic N) is 3. The number of carbonyl (C=O) groups is 1. The molecular formula is C25H25ClF3N5O4S. The molecule has 0 fully saturated rings. The predicted molar refractivity (Wildman–Crippen MR) is 142 cm³/mol. The molecule has 9 nitrogen and oxygen atoms in total. The second-order valence-electron chi connectivity index (χ2n) is 8.94. The Morgan fingerprint density at radius 2 is 2.05 bits per heavy atom. The van der Waals surface area contributed by atoms with Crippen LogP contribution >= 0.6 is 11.6 Å². The molecule has 208 valence electrons. The highest BCUT2D eigenvalue weighted by atomic mass is 35.5. The number of ether oxygens (including phenoxy) is 1. The van der Waals surface area contributed by atoms with Crippen molar-refractivity contribution in [2.45, 2.75) is 25.6 Å². The van der Waals surface area contributed by atoms with E-state index in [-0.39, 0.29) is 47.6 Å². The van der Waals surface area contributed by atoms with E-state index in [1.807, 2.05) is 4.57 Å². The topological polar surface area (TPSA) is 115 Å². The van der Waals surface area contributed by atoms with Gasteiger partial charge in [-0.25, -0.2) is 18.4 Å². The van der Waals surface area contributed by atoms with Crippen molar-refractivity contribution in [3.63, 3.8) is 0 Å². The zero-order valence-electron chi connectivity index (χ0n) is 20.7. The molecule has 1 aliphatic carbocycles. The van der Waals surface area contributed by atoms with Crippen molar-refractivity contribution in [3.8, 4) is 5.75 Å². The maximum Gasteiger partial charge on any atom is 0.395 e. The standard InChI is InChI=1S/C25H25ClF3N5O4S/c1-39(36,37)12-8-22(35)30-9-11-34-10-7-20-23(34)24(32-15-31-20)33-17-5-6-21(19(26)14-17)38-18-4-2-3-16(13-18)25(27,28)29/h2-7,10,14-16H,8-9,11-13H2,1H3,(H,30,35)(H,31,32,33). The number of fused-ring (bicyclic) bond motifs is 1. The second-order valence-corrected chi connectivity index (χ2v) is 11.6. The van der Waals surface area contributed by atoms with E-state index in [9.17, 15) is 26.4 Å². The quantitative estimate of drug-likeness (QED) is 0.353. The van der Waals surface area contributed by atoms with Gasteiger partial charge in [0.05, 0.1) is 22.2 Å². The molecule has 0 aliphatic heterocycles. The van der Waals surface area contributed by atoms with E-state index in [2.05, 4.69) is 20.6 Å². The summed E-state index contributed by atoms with van der Waals surface area (Å²) >= 11 is 6.37. The highest BCUT2D eigenvalue weighted by molar-refractivity contribution is 7.90. The van der Waals surface area contributed by atoms with E-state index in [0.29, 0.717) is 29.1 Å². The summed E-state index contributed by atoms with van der Waals surface area (Å²) in [4.78, 5) is 20.5. The van der Waals surface area contributed by atoms with E-state index in [0.717, 1.165) is 12.3 Å². The minimum Gasteiger partial charge on any atom is -0.460 e. The third-order valence-electron chi connectivity index (χ3n) is 5.83. The van der Waals surface area contributed by atoms with Crippen molar-refractivity contribution >= 4 is 49.9 Å². The smallest absolute Gasteiger partial charge is 0.395 e. The van der Waals surface area contributed by atoms with Gasteiger partial charge in [0.1, 0.15) is 33.2 Å². The average molecular weight is 584 g/mol. The molecule has 3 aromatic rings. The van der Waals surface area contributed by atoms with E-state index in [1.165, 1.54) is 18.5 Å². The van der Waals surface area contributed by atoms with Crippen LogP contribution in [-0.4, -0.2) is 53.6 Å². The molecule has 1 unspecified atom stereocenters. The van der Waals surface area contributed by atoms with Crippen molar-refractivity contribution in [3.05, 3.63) is 65.8 Å². The molecule has 0 bridgehead atoms. The lowest BCUT2D eigenvalue weighted by atomic mass is 9.99. The highest BCUT2D eigenvalue weighted by Crippen LogP contribution is 2.37. The van der Waals surface area contributed by atoms with E-state index >= 15 is 0 Å². The Balaban J connectivity index is 1.43. The number of benzene rings is 1. The summed E-state index contributed by atoms with van der Waals surface area (Å²) in [6, 6.07) is 6.57. The third kappa shape index (κ3) is 7.73. The first-order chi connectivity index (χ1) is 18.4. The fourth-order valence-electron chi connectivity index (χ4n) is 3.88. The molecule has 0 spiro atoms. The number of nitrogens with one attached hydrogen (secondary N) is 2. The number of anilines is 2. The molecule has 1 atom stereocenters. The van der Waals surface area contributed by atoms with E-state index < -0.39 is 21.9 Å². The summed E-state index contributed by atoms with van der Waals surface area (Å²) in [6.45, 7) is 0.644. The molecule has 1 aliphatic rings. The summed E-state index contributed by atoms with van der Waals surface area (Å²) in [7, 11) is -3.23. The summed E-state index contributed by atoms with van der Waals surface area (Å²) in [6.07, 6.45) is 3.35. The molecule has 14 heteroatoms. The van der Waals surface area contributed by atoms with Crippen LogP contribution in [0.4, 0.5) is 24.7 Å². The van der Waals surface area contributed by atoms with Gasteiger partial charge in [0.15, 0.2) is 5.82 Å². The molecule has 2 N–H and O–H groups in total. The van der Waals surface area contributed by atoms with Gasteiger partial charge in [0, 0.05) is 44.1 Å². The second kappa shape index (κ2) is 11.7. The molecule has 2 heterocycles. The Hall–Kier alpha value is -3.58. The van der Waals surface area contributed by atoms with Crippen molar-refractivity contribution < 1.29 is 31.1 Å². The van der Waals surface area contributed by atoms with Gasteiger partial charge in [-0.05, 0) is 30.3 Å². The van der Waals surface area contributed by atoms with Crippen LogP contribution in [0.5, 0.6) is 5.75 Å². The van der Waals surface area contributed by atoms with E-state index in [4.69, 9.17) is 16.3 Å². The van der Waals surface area contributed by atoms with Crippen LogP contribution < -0.4 is 15.4 Å². The molecule has 2 aromatic heterocycles. The van der Waals surface area contributed by atoms with Gasteiger partial charge in [-0.15, -0.1) is 0 Å². The monoisotopic (exact) mass is 583 g/mol. The van der Waals surface area contributed by atoms with Crippen LogP contribution in [0.2, 0.25) is 5.02 Å². The average Bonchev–Trinajstić information content (AvgIpc) is 3.28. The first-order valence-electron chi connectivity index (χ1n) is 11.8. The number of aromatic nitrogens is 3. The van der Waals surface area contributed by atoms with Crippen LogP contribution in [0.1, 0.15) is 12.8 Å². The number of sulfone groups is 1. The molecular weight excluding hydrogens is 559 g/mol. The van der Waals surface area contributed by atoms with Crippen LogP contribution in [0.15, 0.2) is 60.8 Å². The fourth-order valence-corrected chi connectivity index (χ4v) is 4.66. The van der Waals surface area contributed by atoms with Crippen LogP contribution in [0, 0.1) is 5.92 Å². The van der Waals surface area contributed by atoms with Gasteiger partial charge in [-0.1, -0.05) is 23.8 Å². The molecule has 4 rings (SSSR count). The zero-order valence-corrected chi connectivity index (χ0v) is 22.3. The van der Waals surface area contributed by atoms with Gasteiger partial charge in [-0.2, -0.15) is 13.2 Å². The maximum atomic E-state index is 13.1. The minimum atomic E-state index is -4.36. The Morgan fingerprint density at radius 3 is 2.77 bits per heavy atom. The summed E-state index contributed by atoms with van der Waals surface area (Å²) < 4.78 is 69.2. The van der Waals surface area contributed by atoms with Gasteiger partial charge in [-0.3, -0.25) is 4.79 Å². The Kier molecular flexibility index (Phi) is 8.50. The third-order valence-corrected chi connectivity index (χ3v) is 7.07. The lowest BCUT2D eigenvalue weighted by Crippen LogP contribution is -2.28. The molecule has 1 amide bonds. The summed E-state index contributed by atoms with van der Waals surface area (Å²) in [5.74, 6) is -1.37.